The SMILES string of the molecule is O=C1CC(=O)N(CC2Cc3ccccc3O2)C1. The van der Waals surface area contributed by atoms with Gasteiger partial charge in [-0.05, 0) is 11.6 Å². The number of Topliss-reactive ketones (excluding diaryl/α,β-unsaturated/α-hetero) is 1. The molecule has 0 bridgehead atoms. The first-order valence-corrected chi connectivity index (χ1v) is 5.76. The van der Waals surface area contributed by atoms with Crippen LogP contribution in [0.4, 0.5) is 0 Å². The fourth-order valence-corrected chi connectivity index (χ4v) is 2.41. The Labute approximate surface area is 99.2 Å². The van der Waals surface area contributed by atoms with Crippen molar-refractivity contribution in [1.82, 2.24) is 4.90 Å². The molecule has 1 atom stereocenters. The summed E-state index contributed by atoms with van der Waals surface area (Å²) in [5, 5.41) is 0. The first kappa shape index (κ1) is 10.3. The van der Waals surface area contributed by atoms with Crippen molar-refractivity contribution in [2.24, 2.45) is 0 Å². The van der Waals surface area contributed by atoms with Crippen LogP contribution in [0, 0.1) is 0 Å². The van der Waals surface area contributed by atoms with Crippen LogP contribution in [0.5, 0.6) is 5.75 Å². The lowest BCUT2D eigenvalue weighted by molar-refractivity contribution is -0.128. The Bertz CT molecular complexity index is 458. The predicted octanol–water partition coefficient (Wildman–Crippen LogP) is 0.791. The van der Waals surface area contributed by atoms with Crippen molar-refractivity contribution in [3.05, 3.63) is 29.8 Å². The van der Waals surface area contributed by atoms with E-state index in [-0.39, 0.29) is 30.8 Å². The maximum absolute atomic E-state index is 11.5. The van der Waals surface area contributed by atoms with Gasteiger partial charge in [-0.2, -0.15) is 0 Å². The van der Waals surface area contributed by atoms with Crippen molar-refractivity contribution < 1.29 is 14.3 Å². The predicted molar refractivity (Wildman–Crippen MR) is 60.8 cm³/mol. The molecular formula is C13H13NO3. The highest BCUT2D eigenvalue weighted by atomic mass is 16.5. The monoisotopic (exact) mass is 231 g/mol. The zero-order valence-electron chi connectivity index (χ0n) is 9.39. The third kappa shape index (κ3) is 1.90. The molecule has 1 aromatic carbocycles. The zero-order valence-corrected chi connectivity index (χ0v) is 9.39. The second-order valence-corrected chi connectivity index (χ2v) is 4.54. The van der Waals surface area contributed by atoms with Gasteiger partial charge in [-0.1, -0.05) is 18.2 Å². The largest absolute Gasteiger partial charge is 0.488 e. The number of fused-ring (bicyclic) bond motifs is 1. The first-order valence-electron chi connectivity index (χ1n) is 5.76. The second-order valence-electron chi connectivity index (χ2n) is 4.54. The van der Waals surface area contributed by atoms with Gasteiger partial charge in [0.1, 0.15) is 11.9 Å². The molecule has 2 heterocycles. The minimum Gasteiger partial charge on any atom is -0.488 e. The lowest BCUT2D eigenvalue weighted by Gasteiger charge is -2.19. The van der Waals surface area contributed by atoms with Crippen LogP contribution in [0.3, 0.4) is 0 Å². The third-order valence-electron chi connectivity index (χ3n) is 3.21. The molecule has 1 aromatic rings. The summed E-state index contributed by atoms with van der Waals surface area (Å²) in [7, 11) is 0. The fourth-order valence-electron chi connectivity index (χ4n) is 2.41. The number of rotatable bonds is 2. The normalized spacial score (nSPS) is 22.8. The minimum atomic E-state index is -0.0745. The highest BCUT2D eigenvalue weighted by Crippen LogP contribution is 2.28. The van der Waals surface area contributed by atoms with Crippen LogP contribution in [0.15, 0.2) is 24.3 Å². The van der Waals surface area contributed by atoms with E-state index in [9.17, 15) is 9.59 Å². The summed E-state index contributed by atoms with van der Waals surface area (Å²) < 4.78 is 5.75. The van der Waals surface area contributed by atoms with Crippen molar-refractivity contribution in [2.45, 2.75) is 18.9 Å². The van der Waals surface area contributed by atoms with Crippen molar-refractivity contribution in [3.8, 4) is 5.75 Å². The first-order chi connectivity index (χ1) is 8.22. The molecule has 3 rings (SSSR count). The Morgan fingerprint density at radius 2 is 2.12 bits per heavy atom. The molecule has 0 radical (unpaired) electrons. The Kier molecular flexibility index (Phi) is 2.35. The highest BCUT2D eigenvalue weighted by molar-refractivity contribution is 6.05. The summed E-state index contributed by atoms with van der Waals surface area (Å²) >= 11 is 0. The molecular weight excluding hydrogens is 218 g/mol. The van der Waals surface area contributed by atoms with Gasteiger partial charge in [-0.15, -0.1) is 0 Å². The average molecular weight is 231 g/mol. The van der Waals surface area contributed by atoms with Crippen molar-refractivity contribution in [2.75, 3.05) is 13.1 Å². The summed E-state index contributed by atoms with van der Waals surface area (Å²) in [6.07, 6.45) is 0.857. The molecule has 0 aromatic heterocycles. The van der Waals surface area contributed by atoms with Gasteiger partial charge in [-0.25, -0.2) is 0 Å². The molecule has 1 fully saturated rings. The number of hydrogen-bond acceptors (Lipinski definition) is 3. The van der Waals surface area contributed by atoms with Gasteiger partial charge in [0.05, 0.1) is 19.5 Å². The summed E-state index contributed by atoms with van der Waals surface area (Å²) in [5.74, 6) is 0.829. The van der Waals surface area contributed by atoms with E-state index >= 15 is 0 Å². The van der Waals surface area contributed by atoms with Crippen LogP contribution >= 0.6 is 0 Å². The minimum absolute atomic E-state index is 0.00510. The van der Waals surface area contributed by atoms with Gasteiger partial charge in [0.25, 0.3) is 0 Å². The molecule has 1 saturated heterocycles. The molecule has 2 aliphatic heterocycles. The van der Waals surface area contributed by atoms with Crippen LogP contribution < -0.4 is 4.74 Å². The number of amides is 1. The number of benzene rings is 1. The Morgan fingerprint density at radius 1 is 1.29 bits per heavy atom. The number of para-hydroxylation sites is 1. The number of likely N-dealkylation sites (tertiary alicyclic amines) is 1. The Hall–Kier alpha value is -1.84. The second kappa shape index (κ2) is 3.87. The molecule has 0 N–H and O–H groups in total. The third-order valence-corrected chi connectivity index (χ3v) is 3.21. The fraction of sp³-hybridized carbons (Fsp3) is 0.385. The molecule has 4 heteroatoms. The van der Waals surface area contributed by atoms with E-state index in [1.54, 1.807) is 4.90 Å². The number of ether oxygens (including phenoxy) is 1. The van der Waals surface area contributed by atoms with E-state index in [1.165, 1.54) is 5.56 Å². The maximum atomic E-state index is 11.5. The standard InChI is InChI=1S/C13H13NO3/c15-10-6-13(16)14(7-10)8-11-5-9-3-1-2-4-12(9)17-11/h1-4,11H,5-8H2. The van der Waals surface area contributed by atoms with Gasteiger partial charge in [0, 0.05) is 6.42 Å². The lowest BCUT2D eigenvalue weighted by Crippen LogP contribution is -2.35. The average Bonchev–Trinajstić information content (AvgIpc) is 2.82. The van der Waals surface area contributed by atoms with Crippen molar-refractivity contribution >= 4 is 11.7 Å². The Morgan fingerprint density at radius 3 is 2.82 bits per heavy atom. The number of ketones is 1. The van der Waals surface area contributed by atoms with Crippen molar-refractivity contribution in [1.29, 1.82) is 0 Å². The number of hydrogen-bond donors (Lipinski definition) is 0. The summed E-state index contributed by atoms with van der Waals surface area (Å²) in [5.41, 5.74) is 1.18. The van der Waals surface area contributed by atoms with Gasteiger partial charge < -0.3 is 9.64 Å². The highest BCUT2D eigenvalue weighted by Gasteiger charge is 2.32. The summed E-state index contributed by atoms with van der Waals surface area (Å²) in [6.45, 7) is 0.758. The maximum Gasteiger partial charge on any atom is 0.230 e. The quantitative estimate of drug-likeness (QED) is 0.707. The van der Waals surface area contributed by atoms with Crippen LogP contribution in [0.25, 0.3) is 0 Å². The van der Waals surface area contributed by atoms with Crippen molar-refractivity contribution in [3.63, 3.8) is 0 Å². The van der Waals surface area contributed by atoms with E-state index in [2.05, 4.69) is 0 Å². The molecule has 17 heavy (non-hydrogen) atoms. The molecule has 1 amide bonds. The molecule has 4 nitrogen and oxygen atoms in total. The van der Waals surface area contributed by atoms with Crippen LogP contribution in [0.1, 0.15) is 12.0 Å². The van der Waals surface area contributed by atoms with E-state index in [1.807, 2.05) is 24.3 Å². The molecule has 0 saturated carbocycles. The van der Waals surface area contributed by atoms with Gasteiger partial charge in [0.2, 0.25) is 5.91 Å². The van der Waals surface area contributed by atoms with Crippen LogP contribution in [-0.2, 0) is 16.0 Å². The smallest absolute Gasteiger partial charge is 0.230 e. The van der Waals surface area contributed by atoms with Gasteiger partial charge in [0.15, 0.2) is 5.78 Å². The zero-order chi connectivity index (χ0) is 11.8. The van der Waals surface area contributed by atoms with E-state index in [4.69, 9.17) is 4.74 Å². The van der Waals surface area contributed by atoms with E-state index in [0.717, 1.165) is 12.2 Å². The van der Waals surface area contributed by atoms with E-state index < -0.39 is 0 Å². The molecule has 2 aliphatic rings. The number of carbonyl (C=O) groups excluding carboxylic acids is 2. The lowest BCUT2D eigenvalue weighted by atomic mass is 10.1. The van der Waals surface area contributed by atoms with Crippen LogP contribution in [-0.4, -0.2) is 35.8 Å². The number of nitrogens with zero attached hydrogens (tertiary/aromatic N) is 1. The van der Waals surface area contributed by atoms with E-state index in [0.29, 0.717) is 6.54 Å². The molecule has 88 valence electrons. The molecule has 1 unspecified atom stereocenters. The van der Waals surface area contributed by atoms with Gasteiger partial charge >= 0.3 is 0 Å². The molecule has 0 spiro atoms. The summed E-state index contributed by atoms with van der Waals surface area (Å²) in [6, 6.07) is 7.89. The molecule has 0 aliphatic carbocycles. The Balaban J connectivity index is 1.66. The van der Waals surface area contributed by atoms with Crippen LogP contribution in [0.2, 0.25) is 0 Å². The number of carbonyl (C=O) groups is 2. The summed E-state index contributed by atoms with van der Waals surface area (Å²) in [4.78, 5) is 24.2. The van der Waals surface area contributed by atoms with Gasteiger partial charge in [-0.3, -0.25) is 9.59 Å². The topological polar surface area (TPSA) is 46.6 Å².